The van der Waals surface area contributed by atoms with E-state index in [1.165, 1.54) is 0 Å². The van der Waals surface area contributed by atoms with Gasteiger partial charge >= 0.3 is 0 Å². The molecule has 20 heavy (non-hydrogen) atoms. The van der Waals surface area contributed by atoms with Crippen LogP contribution >= 0.6 is 23.2 Å². The molecule has 4 nitrogen and oxygen atoms in total. The molecule has 0 aliphatic heterocycles. The highest BCUT2D eigenvalue weighted by Gasteiger charge is 2.30. The van der Waals surface area contributed by atoms with Gasteiger partial charge in [-0.2, -0.15) is 0 Å². The maximum absolute atomic E-state index is 11.8. The lowest BCUT2D eigenvalue weighted by molar-refractivity contribution is 0.0989. The summed E-state index contributed by atoms with van der Waals surface area (Å²) < 4.78 is 0. The zero-order chi connectivity index (χ0) is 14.6. The monoisotopic (exact) mass is 306 g/mol. The fourth-order valence-electron chi connectivity index (χ4n) is 2.50. The van der Waals surface area contributed by atoms with Gasteiger partial charge in [0.05, 0.1) is 21.2 Å². The van der Waals surface area contributed by atoms with Gasteiger partial charge in [0.25, 0.3) is 5.91 Å². The third kappa shape index (κ3) is 1.55. The molecule has 6 heteroatoms. The van der Waals surface area contributed by atoms with Gasteiger partial charge < -0.3 is 11.5 Å². The van der Waals surface area contributed by atoms with Crippen molar-refractivity contribution in [2.75, 3.05) is 0 Å². The summed E-state index contributed by atoms with van der Waals surface area (Å²) in [5, 5.41) is 0.0972. The summed E-state index contributed by atoms with van der Waals surface area (Å²) in [7, 11) is 0. The number of hydrogen-bond acceptors (Lipinski definition) is 2. The van der Waals surface area contributed by atoms with Gasteiger partial charge in [-0.25, -0.2) is 0 Å². The SMILES string of the molecule is NC(=O)c1c(Cl)c2c(C(N)=O)c(c1Cl)-c1ccc-2cc1. The summed E-state index contributed by atoms with van der Waals surface area (Å²) in [6.45, 7) is 0. The predicted octanol–water partition coefficient (Wildman–Crippen LogP) is 2.84. The van der Waals surface area contributed by atoms with E-state index < -0.39 is 11.8 Å². The van der Waals surface area contributed by atoms with Crippen LogP contribution in [0, 0.1) is 0 Å². The summed E-state index contributed by atoms with van der Waals surface area (Å²) in [5.41, 5.74) is 13.2. The van der Waals surface area contributed by atoms with Crippen LogP contribution in [-0.4, -0.2) is 11.8 Å². The first-order chi connectivity index (χ1) is 9.43. The summed E-state index contributed by atoms with van der Waals surface area (Å²) in [6, 6.07) is 7.16. The first-order valence-electron chi connectivity index (χ1n) is 5.68. The van der Waals surface area contributed by atoms with Crippen LogP contribution in [0.4, 0.5) is 0 Å². The molecule has 0 aromatic heterocycles. The topological polar surface area (TPSA) is 86.2 Å². The van der Waals surface area contributed by atoms with E-state index in [1.807, 2.05) is 0 Å². The van der Waals surface area contributed by atoms with E-state index in [4.69, 9.17) is 34.7 Å². The first kappa shape index (κ1) is 13.0. The number of fused-ring (bicyclic) bond motifs is 2. The van der Waals surface area contributed by atoms with Crippen LogP contribution in [0.25, 0.3) is 22.3 Å². The maximum atomic E-state index is 11.8. The Labute approximate surface area is 124 Å². The van der Waals surface area contributed by atoms with Crippen LogP contribution in [0.15, 0.2) is 24.3 Å². The van der Waals surface area contributed by atoms with Gasteiger partial charge in [0, 0.05) is 11.1 Å². The second-order valence-electron chi connectivity index (χ2n) is 4.43. The molecule has 0 heterocycles. The minimum absolute atomic E-state index is 0.00531. The van der Waals surface area contributed by atoms with E-state index >= 15 is 0 Å². The number of amides is 2. The zero-order valence-corrected chi connectivity index (χ0v) is 11.5. The van der Waals surface area contributed by atoms with Crippen molar-refractivity contribution in [3.05, 3.63) is 45.4 Å². The molecule has 0 unspecified atom stereocenters. The Kier molecular flexibility index (Phi) is 2.74. The van der Waals surface area contributed by atoms with E-state index in [0.717, 1.165) is 0 Å². The van der Waals surface area contributed by atoms with Gasteiger partial charge in [0.2, 0.25) is 5.91 Å². The number of primary amides is 2. The summed E-state index contributed by atoms with van der Waals surface area (Å²) in [6.07, 6.45) is 0. The van der Waals surface area contributed by atoms with Crippen LogP contribution in [0.1, 0.15) is 20.7 Å². The van der Waals surface area contributed by atoms with Gasteiger partial charge in [0.1, 0.15) is 0 Å². The number of halogens is 2. The Morgan fingerprint density at radius 1 is 0.750 bits per heavy atom. The average molecular weight is 307 g/mol. The minimum atomic E-state index is -0.749. The van der Waals surface area contributed by atoms with Crippen molar-refractivity contribution in [2.24, 2.45) is 11.5 Å². The van der Waals surface area contributed by atoms with Crippen LogP contribution in [0.5, 0.6) is 0 Å². The molecule has 0 fully saturated rings. The number of rotatable bonds is 2. The highest BCUT2D eigenvalue weighted by molar-refractivity contribution is 6.44. The van der Waals surface area contributed by atoms with Gasteiger partial charge in [-0.15, -0.1) is 0 Å². The van der Waals surface area contributed by atoms with Crippen molar-refractivity contribution in [3.63, 3.8) is 0 Å². The first-order valence-corrected chi connectivity index (χ1v) is 6.44. The summed E-state index contributed by atoms with van der Waals surface area (Å²) in [5.74, 6) is -1.40. The Morgan fingerprint density at radius 3 is 1.40 bits per heavy atom. The largest absolute Gasteiger partial charge is 0.366 e. The second-order valence-corrected chi connectivity index (χ2v) is 5.19. The van der Waals surface area contributed by atoms with Crippen molar-refractivity contribution < 1.29 is 9.59 Å². The van der Waals surface area contributed by atoms with E-state index in [2.05, 4.69) is 0 Å². The standard InChI is InChI=1S/C14H8Cl2N2O2/c15-11-7-5-1-2-6(4-3-5)8(9(7)13(17)19)12(16)10(11)14(18)20/h1-4H,(H2,17,19)(H2,18,20). The molecule has 0 saturated carbocycles. The van der Waals surface area contributed by atoms with Crippen LogP contribution in [0.3, 0.4) is 0 Å². The third-order valence-corrected chi connectivity index (χ3v) is 4.09. The second kappa shape index (κ2) is 4.23. The normalized spacial score (nSPS) is 11.3. The molecule has 2 aromatic carbocycles. The Morgan fingerprint density at radius 2 is 1.10 bits per heavy atom. The summed E-state index contributed by atoms with van der Waals surface area (Å²) in [4.78, 5) is 23.4. The van der Waals surface area contributed by atoms with Crippen molar-refractivity contribution in [2.45, 2.75) is 0 Å². The van der Waals surface area contributed by atoms with Crippen molar-refractivity contribution in [3.8, 4) is 22.3 Å². The summed E-state index contributed by atoms with van der Waals surface area (Å²) >= 11 is 12.5. The van der Waals surface area contributed by atoms with Crippen LogP contribution < -0.4 is 11.5 Å². The molecule has 4 rings (SSSR count). The fraction of sp³-hybridized carbons (Fsp3) is 0. The van der Waals surface area contributed by atoms with Crippen molar-refractivity contribution in [1.82, 2.24) is 0 Å². The van der Waals surface area contributed by atoms with Gasteiger partial charge in [-0.3, -0.25) is 9.59 Å². The molecular formula is C14H8Cl2N2O2. The molecule has 2 aliphatic carbocycles. The van der Waals surface area contributed by atoms with Gasteiger partial charge in [-0.05, 0) is 11.1 Å². The molecule has 2 amide bonds. The third-order valence-electron chi connectivity index (χ3n) is 3.33. The molecular weight excluding hydrogens is 299 g/mol. The zero-order valence-electron chi connectivity index (χ0n) is 10.0. The smallest absolute Gasteiger partial charge is 0.251 e. The van der Waals surface area contributed by atoms with Crippen LogP contribution in [0.2, 0.25) is 10.0 Å². The van der Waals surface area contributed by atoms with Crippen LogP contribution in [-0.2, 0) is 0 Å². The number of benzene rings is 2. The van der Waals surface area contributed by atoms with Gasteiger partial charge in [-0.1, -0.05) is 47.5 Å². The number of carbonyl (C=O) groups is 2. The van der Waals surface area contributed by atoms with E-state index in [1.54, 1.807) is 24.3 Å². The Hall–Kier alpha value is -2.04. The lowest BCUT2D eigenvalue weighted by Crippen LogP contribution is -2.18. The molecule has 2 aromatic rings. The Bertz CT molecular complexity index is 733. The molecule has 0 atom stereocenters. The fourth-order valence-corrected chi connectivity index (χ4v) is 3.33. The highest BCUT2D eigenvalue weighted by atomic mass is 35.5. The molecule has 0 radical (unpaired) electrons. The molecule has 0 spiro atoms. The van der Waals surface area contributed by atoms with E-state index in [9.17, 15) is 9.59 Å². The molecule has 4 bridgehead atoms. The average Bonchev–Trinajstić information content (AvgIpc) is 2.60. The Balaban J connectivity index is 2.61. The maximum Gasteiger partial charge on any atom is 0.251 e. The number of hydrogen-bond donors (Lipinski definition) is 2. The van der Waals surface area contributed by atoms with E-state index in [-0.39, 0.29) is 21.2 Å². The molecule has 4 N–H and O–H groups in total. The highest BCUT2D eigenvalue weighted by Crippen LogP contribution is 2.47. The van der Waals surface area contributed by atoms with Crippen molar-refractivity contribution in [1.29, 1.82) is 0 Å². The lowest BCUT2D eigenvalue weighted by atomic mass is 9.93. The number of nitrogens with two attached hydrogens (primary N) is 2. The molecule has 0 saturated heterocycles. The van der Waals surface area contributed by atoms with E-state index in [0.29, 0.717) is 22.3 Å². The van der Waals surface area contributed by atoms with Gasteiger partial charge in [0.15, 0.2) is 0 Å². The van der Waals surface area contributed by atoms with Crippen molar-refractivity contribution >= 4 is 35.0 Å². The minimum Gasteiger partial charge on any atom is -0.366 e. The lowest BCUT2D eigenvalue weighted by Gasteiger charge is -2.16. The molecule has 2 aliphatic rings. The number of carbonyl (C=O) groups excluding carboxylic acids is 2. The quantitative estimate of drug-likeness (QED) is 0.762. The predicted molar refractivity (Wildman–Crippen MR) is 77.9 cm³/mol. The molecule has 100 valence electrons.